The molecule has 1 atom stereocenters. The van der Waals surface area contributed by atoms with E-state index in [0.29, 0.717) is 6.04 Å². The maximum atomic E-state index is 5.80. The molecule has 0 spiro atoms. The third-order valence-corrected chi connectivity index (χ3v) is 4.21. The maximum Gasteiger partial charge on any atom is 0.00109 e. The predicted octanol–water partition coefficient (Wildman–Crippen LogP) is 3.07. The molecule has 1 aromatic carbocycles. The van der Waals surface area contributed by atoms with Gasteiger partial charge in [0.1, 0.15) is 0 Å². The summed E-state index contributed by atoms with van der Waals surface area (Å²) in [7, 11) is 0. The van der Waals surface area contributed by atoms with Crippen LogP contribution in [0.15, 0.2) is 30.3 Å². The van der Waals surface area contributed by atoms with E-state index in [1.165, 1.54) is 50.9 Å². The van der Waals surface area contributed by atoms with Crippen LogP contribution in [0.3, 0.4) is 0 Å². The number of likely N-dealkylation sites (tertiary alicyclic amines) is 1. The van der Waals surface area contributed by atoms with Crippen molar-refractivity contribution in [1.82, 2.24) is 4.90 Å². The van der Waals surface area contributed by atoms with Gasteiger partial charge in [0, 0.05) is 6.04 Å². The molecule has 0 aliphatic carbocycles. The highest BCUT2D eigenvalue weighted by Crippen LogP contribution is 2.21. The van der Waals surface area contributed by atoms with E-state index < -0.39 is 0 Å². The summed E-state index contributed by atoms with van der Waals surface area (Å²) in [5, 5.41) is 0. The van der Waals surface area contributed by atoms with Crippen LogP contribution in [0.2, 0.25) is 0 Å². The minimum absolute atomic E-state index is 0.357. The van der Waals surface area contributed by atoms with Crippen LogP contribution in [0, 0.1) is 5.92 Å². The van der Waals surface area contributed by atoms with E-state index in [1.807, 2.05) is 0 Å². The Hall–Kier alpha value is -0.860. The Balaban J connectivity index is 1.65. The normalized spacial score (nSPS) is 19.5. The molecule has 0 amide bonds. The minimum Gasteiger partial charge on any atom is -0.328 e. The molecule has 2 rings (SSSR count). The van der Waals surface area contributed by atoms with Gasteiger partial charge in [-0.3, -0.25) is 0 Å². The zero-order chi connectivity index (χ0) is 13.5. The Morgan fingerprint density at radius 3 is 2.53 bits per heavy atom. The van der Waals surface area contributed by atoms with Gasteiger partial charge in [-0.25, -0.2) is 0 Å². The summed E-state index contributed by atoms with van der Waals surface area (Å²) in [6, 6.07) is 11.3. The Morgan fingerprint density at radius 1 is 1.21 bits per heavy atom. The van der Waals surface area contributed by atoms with Crippen molar-refractivity contribution in [2.45, 2.75) is 45.1 Å². The van der Waals surface area contributed by atoms with E-state index >= 15 is 0 Å². The molecule has 0 radical (unpaired) electrons. The molecule has 1 unspecified atom stereocenters. The van der Waals surface area contributed by atoms with Gasteiger partial charge in [0.25, 0.3) is 0 Å². The van der Waals surface area contributed by atoms with E-state index in [2.05, 4.69) is 42.2 Å². The lowest BCUT2D eigenvalue weighted by Gasteiger charge is -2.32. The standard InChI is InChI=1S/C17H28N2/c1-15(18)6-5-11-19-12-9-17(10-13-19)14-16-7-3-2-4-8-16/h2-4,7-8,15,17H,5-6,9-14,18H2,1H3. The second-order valence-corrected chi connectivity index (χ2v) is 6.09. The number of nitrogens with zero attached hydrogens (tertiary/aromatic N) is 1. The van der Waals surface area contributed by atoms with Crippen molar-refractivity contribution in [2.24, 2.45) is 11.7 Å². The highest BCUT2D eigenvalue weighted by Gasteiger charge is 2.18. The quantitative estimate of drug-likeness (QED) is 0.851. The average Bonchev–Trinajstić information content (AvgIpc) is 2.42. The summed E-state index contributed by atoms with van der Waals surface area (Å²) in [6.07, 6.45) is 6.37. The Morgan fingerprint density at radius 2 is 1.89 bits per heavy atom. The molecule has 1 fully saturated rings. The highest BCUT2D eigenvalue weighted by atomic mass is 15.1. The summed E-state index contributed by atoms with van der Waals surface area (Å²) >= 11 is 0. The van der Waals surface area contributed by atoms with Crippen molar-refractivity contribution in [2.75, 3.05) is 19.6 Å². The van der Waals surface area contributed by atoms with Crippen molar-refractivity contribution in [3.63, 3.8) is 0 Å². The average molecular weight is 260 g/mol. The zero-order valence-electron chi connectivity index (χ0n) is 12.2. The summed E-state index contributed by atoms with van der Waals surface area (Å²) < 4.78 is 0. The van der Waals surface area contributed by atoms with Crippen LogP contribution < -0.4 is 5.73 Å². The number of piperidine rings is 1. The van der Waals surface area contributed by atoms with E-state index in [-0.39, 0.29) is 0 Å². The maximum absolute atomic E-state index is 5.80. The predicted molar refractivity (Wildman–Crippen MR) is 82.2 cm³/mol. The van der Waals surface area contributed by atoms with Crippen molar-refractivity contribution in [1.29, 1.82) is 0 Å². The van der Waals surface area contributed by atoms with Crippen LogP contribution in [0.25, 0.3) is 0 Å². The van der Waals surface area contributed by atoms with Gasteiger partial charge in [-0.15, -0.1) is 0 Å². The van der Waals surface area contributed by atoms with E-state index in [4.69, 9.17) is 5.73 Å². The first-order chi connectivity index (χ1) is 9.24. The van der Waals surface area contributed by atoms with Crippen LogP contribution in [0.1, 0.15) is 38.2 Å². The third-order valence-electron chi connectivity index (χ3n) is 4.21. The molecule has 106 valence electrons. The van der Waals surface area contributed by atoms with Crippen LogP contribution >= 0.6 is 0 Å². The van der Waals surface area contributed by atoms with Gasteiger partial charge >= 0.3 is 0 Å². The van der Waals surface area contributed by atoms with Crippen LogP contribution in [0.4, 0.5) is 0 Å². The molecule has 1 aliphatic rings. The fourth-order valence-electron chi connectivity index (χ4n) is 3.00. The van der Waals surface area contributed by atoms with Gasteiger partial charge in [0.05, 0.1) is 0 Å². The summed E-state index contributed by atoms with van der Waals surface area (Å²) in [5.41, 5.74) is 7.30. The van der Waals surface area contributed by atoms with Gasteiger partial charge in [0.15, 0.2) is 0 Å². The molecular formula is C17H28N2. The van der Waals surface area contributed by atoms with Gasteiger partial charge in [-0.05, 0) is 70.1 Å². The Kier molecular flexibility index (Phi) is 5.87. The van der Waals surface area contributed by atoms with Crippen molar-refractivity contribution in [3.8, 4) is 0 Å². The largest absolute Gasteiger partial charge is 0.328 e. The molecule has 1 heterocycles. The number of nitrogens with two attached hydrogens (primary N) is 1. The highest BCUT2D eigenvalue weighted by molar-refractivity contribution is 5.15. The minimum atomic E-state index is 0.357. The Bertz CT molecular complexity index is 340. The van der Waals surface area contributed by atoms with E-state index in [9.17, 15) is 0 Å². The van der Waals surface area contributed by atoms with Crippen molar-refractivity contribution < 1.29 is 0 Å². The molecule has 2 N–H and O–H groups in total. The Labute approximate surface area is 118 Å². The molecular weight excluding hydrogens is 232 g/mol. The van der Waals surface area contributed by atoms with Gasteiger partial charge in [0.2, 0.25) is 0 Å². The van der Waals surface area contributed by atoms with Gasteiger partial charge in [-0.2, -0.15) is 0 Å². The summed E-state index contributed by atoms with van der Waals surface area (Å²) in [4.78, 5) is 2.61. The van der Waals surface area contributed by atoms with E-state index in [1.54, 1.807) is 0 Å². The monoisotopic (exact) mass is 260 g/mol. The molecule has 0 aromatic heterocycles. The fraction of sp³-hybridized carbons (Fsp3) is 0.647. The summed E-state index contributed by atoms with van der Waals surface area (Å²) in [5.74, 6) is 0.882. The van der Waals surface area contributed by atoms with Crippen molar-refractivity contribution in [3.05, 3.63) is 35.9 Å². The molecule has 2 heteroatoms. The number of hydrogen-bond acceptors (Lipinski definition) is 2. The third kappa shape index (κ3) is 5.33. The topological polar surface area (TPSA) is 29.3 Å². The zero-order valence-corrected chi connectivity index (χ0v) is 12.2. The number of rotatable bonds is 6. The number of benzene rings is 1. The van der Waals surface area contributed by atoms with Gasteiger partial charge in [-0.1, -0.05) is 30.3 Å². The molecule has 2 nitrogen and oxygen atoms in total. The molecule has 1 aromatic rings. The molecule has 1 aliphatic heterocycles. The van der Waals surface area contributed by atoms with Crippen LogP contribution in [0.5, 0.6) is 0 Å². The first-order valence-electron chi connectivity index (χ1n) is 7.76. The van der Waals surface area contributed by atoms with E-state index in [0.717, 1.165) is 12.3 Å². The lowest BCUT2D eigenvalue weighted by Crippen LogP contribution is -2.35. The molecule has 0 bridgehead atoms. The second-order valence-electron chi connectivity index (χ2n) is 6.09. The van der Waals surface area contributed by atoms with Crippen molar-refractivity contribution >= 4 is 0 Å². The molecule has 19 heavy (non-hydrogen) atoms. The summed E-state index contributed by atoms with van der Waals surface area (Å²) in [6.45, 7) is 5.89. The lowest BCUT2D eigenvalue weighted by atomic mass is 9.90. The van der Waals surface area contributed by atoms with Gasteiger partial charge < -0.3 is 10.6 Å². The lowest BCUT2D eigenvalue weighted by molar-refractivity contribution is 0.180. The second kappa shape index (κ2) is 7.66. The fourth-order valence-corrected chi connectivity index (χ4v) is 3.00. The first-order valence-corrected chi connectivity index (χ1v) is 7.76. The SMILES string of the molecule is CC(N)CCCN1CCC(Cc2ccccc2)CC1. The first kappa shape index (κ1) is 14.5. The van der Waals surface area contributed by atoms with Crippen LogP contribution in [-0.4, -0.2) is 30.6 Å². The number of hydrogen-bond donors (Lipinski definition) is 1. The smallest absolute Gasteiger partial charge is 0.00109 e. The molecule has 1 saturated heterocycles. The molecule has 0 saturated carbocycles. The van der Waals surface area contributed by atoms with Crippen LogP contribution in [-0.2, 0) is 6.42 Å².